The molecule has 0 bridgehead atoms. The second kappa shape index (κ2) is 5.29. The molecule has 1 heterocycles. The summed E-state index contributed by atoms with van der Waals surface area (Å²) in [6.45, 7) is 3.41. The lowest BCUT2D eigenvalue weighted by Gasteiger charge is -2.34. The molecule has 92 valence electrons. The number of aliphatic hydroxyl groups excluding tert-OH is 1. The van der Waals surface area contributed by atoms with E-state index in [0.29, 0.717) is 25.3 Å². The van der Waals surface area contributed by atoms with Gasteiger partial charge in [-0.15, -0.1) is 0 Å². The van der Waals surface area contributed by atoms with Crippen LogP contribution in [0.3, 0.4) is 0 Å². The van der Waals surface area contributed by atoms with Gasteiger partial charge in [-0.1, -0.05) is 17.7 Å². The van der Waals surface area contributed by atoms with Gasteiger partial charge in [0, 0.05) is 12.1 Å². The number of amides is 1. The van der Waals surface area contributed by atoms with Crippen molar-refractivity contribution in [3.8, 4) is 0 Å². The van der Waals surface area contributed by atoms with Crippen molar-refractivity contribution in [3.05, 3.63) is 35.4 Å². The van der Waals surface area contributed by atoms with Gasteiger partial charge in [0.25, 0.3) is 5.91 Å². The Morgan fingerprint density at radius 2 is 2.18 bits per heavy atom. The number of rotatable bonds is 2. The van der Waals surface area contributed by atoms with Crippen molar-refractivity contribution in [2.75, 3.05) is 26.4 Å². The smallest absolute Gasteiger partial charge is 0.254 e. The van der Waals surface area contributed by atoms with E-state index in [4.69, 9.17) is 4.74 Å². The molecule has 1 aliphatic rings. The predicted octanol–water partition coefficient (Wildman–Crippen LogP) is 0.828. The Labute approximate surface area is 101 Å². The first-order chi connectivity index (χ1) is 8.22. The van der Waals surface area contributed by atoms with E-state index in [-0.39, 0.29) is 18.6 Å². The van der Waals surface area contributed by atoms with Gasteiger partial charge in [0.2, 0.25) is 0 Å². The molecule has 1 fully saturated rings. The summed E-state index contributed by atoms with van der Waals surface area (Å²) in [4.78, 5) is 13.9. The summed E-state index contributed by atoms with van der Waals surface area (Å²) in [7, 11) is 0. The lowest BCUT2D eigenvalue weighted by molar-refractivity contribution is -0.0183. The van der Waals surface area contributed by atoms with Gasteiger partial charge in [0.05, 0.1) is 25.9 Å². The predicted molar refractivity (Wildman–Crippen MR) is 63.9 cm³/mol. The number of aryl methyl sites for hydroxylation is 1. The van der Waals surface area contributed by atoms with Crippen LogP contribution in [0.25, 0.3) is 0 Å². The topological polar surface area (TPSA) is 49.8 Å². The summed E-state index contributed by atoms with van der Waals surface area (Å²) in [6.07, 6.45) is 0. The number of hydrogen-bond donors (Lipinski definition) is 1. The minimum absolute atomic E-state index is 0.0349. The summed E-state index contributed by atoms with van der Waals surface area (Å²) in [5.74, 6) is -0.0349. The van der Waals surface area contributed by atoms with Crippen molar-refractivity contribution >= 4 is 5.91 Å². The lowest BCUT2D eigenvalue weighted by Crippen LogP contribution is -2.50. The molecule has 1 saturated heterocycles. The maximum Gasteiger partial charge on any atom is 0.254 e. The number of carbonyl (C=O) groups excluding carboxylic acids is 1. The van der Waals surface area contributed by atoms with E-state index in [9.17, 15) is 9.90 Å². The molecule has 17 heavy (non-hydrogen) atoms. The lowest BCUT2D eigenvalue weighted by atomic mass is 10.1. The molecule has 1 aromatic rings. The van der Waals surface area contributed by atoms with E-state index in [1.165, 1.54) is 0 Å². The van der Waals surface area contributed by atoms with Crippen LogP contribution in [0.1, 0.15) is 15.9 Å². The number of nitrogens with zero attached hydrogens (tertiary/aromatic N) is 1. The highest BCUT2D eigenvalue weighted by Gasteiger charge is 2.27. The SMILES string of the molecule is Cc1ccc(C(=O)N2CCOCC2CO)cc1. The third-order valence-electron chi connectivity index (χ3n) is 3.00. The number of hydrogen-bond acceptors (Lipinski definition) is 3. The van der Waals surface area contributed by atoms with Crippen LogP contribution in [0.15, 0.2) is 24.3 Å². The summed E-state index contributed by atoms with van der Waals surface area (Å²) in [6, 6.07) is 7.25. The zero-order chi connectivity index (χ0) is 12.3. The summed E-state index contributed by atoms with van der Waals surface area (Å²) in [5.41, 5.74) is 1.79. The molecular formula is C13H17NO3. The second-order valence-corrected chi connectivity index (χ2v) is 4.28. The van der Waals surface area contributed by atoms with Gasteiger partial charge in [0.15, 0.2) is 0 Å². The first-order valence-electron chi connectivity index (χ1n) is 5.78. The number of aliphatic hydroxyl groups is 1. The highest BCUT2D eigenvalue weighted by molar-refractivity contribution is 5.94. The van der Waals surface area contributed by atoms with Crippen molar-refractivity contribution in [2.45, 2.75) is 13.0 Å². The Balaban J connectivity index is 2.15. The van der Waals surface area contributed by atoms with Crippen molar-refractivity contribution in [3.63, 3.8) is 0 Å². The molecule has 1 atom stereocenters. The fourth-order valence-corrected chi connectivity index (χ4v) is 1.94. The Morgan fingerprint density at radius 3 is 2.82 bits per heavy atom. The first kappa shape index (κ1) is 12.1. The molecule has 0 radical (unpaired) electrons. The zero-order valence-electron chi connectivity index (χ0n) is 9.93. The maximum atomic E-state index is 12.2. The van der Waals surface area contributed by atoms with E-state index in [2.05, 4.69) is 0 Å². The van der Waals surface area contributed by atoms with E-state index < -0.39 is 0 Å². The van der Waals surface area contributed by atoms with Gasteiger partial charge in [-0.25, -0.2) is 0 Å². The Hall–Kier alpha value is -1.39. The Morgan fingerprint density at radius 1 is 1.47 bits per heavy atom. The molecule has 4 heteroatoms. The number of benzene rings is 1. The molecule has 0 aliphatic carbocycles. The van der Waals surface area contributed by atoms with Crippen LogP contribution in [0, 0.1) is 6.92 Å². The summed E-state index contributed by atoms with van der Waals surface area (Å²) >= 11 is 0. The Kier molecular flexibility index (Phi) is 3.76. The van der Waals surface area contributed by atoms with Crippen LogP contribution in [-0.4, -0.2) is 48.3 Å². The van der Waals surface area contributed by atoms with Gasteiger partial charge in [-0.3, -0.25) is 4.79 Å². The number of ether oxygens (including phenoxy) is 1. The van der Waals surface area contributed by atoms with Crippen LogP contribution in [0.2, 0.25) is 0 Å². The number of carbonyl (C=O) groups is 1. The van der Waals surface area contributed by atoms with Crippen molar-refractivity contribution in [2.24, 2.45) is 0 Å². The normalized spacial score (nSPS) is 20.4. The van der Waals surface area contributed by atoms with Crippen LogP contribution in [0.5, 0.6) is 0 Å². The first-order valence-corrected chi connectivity index (χ1v) is 5.78. The van der Waals surface area contributed by atoms with Gasteiger partial charge in [0.1, 0.15) is 0 Å². The fraction of sp³-hybridized carbons (Fsp3) is 0.462. The molecule has 1 amide bonds. The van der Waals surface area contributed by atoms with Crippen molar-refractivity contribution in [1.82, 2.24) is 4.90 Å². The molecule has 0 saturated carbocycles. The van der Waals surface area contributed by atoms with Crippen LogP contribution in [-0.2, 0) is 4.74 Å². The summed E-state index contributed by atoms with van der Waals surface area (Å²) < 4.78 is 5.25. The van der Waals surface area contributed by atoms with Crippen molar-refractivity contribution in [1.29, 1.82) is 0 Å². The number of morpholine rings is 1. The van der Waals surface area contributed by atoms with Crippen LogP contribution < -0.4 is 0 Å². The molecule has 2 rings (SSSR count). The molecule has 0 spiro atoms. The standard InChI is InChI=1S/C13H17NO3/c1-10-2-4-11(5-3-10)13(16)14-6-7-17-9-12(14)8-15/h2-5,12,15H,6-9H2,1H3. The van der Waals surface area contributed by atoms with E-state index in [1.54, 1.807) is 4.90 Å². The van der Waals surface area contributed by atoms with Gasteiger partial charge >= 0.3 is 0 Å². The van der Waals surface area contributed by atoms with Gasteiger partial charge in [-0.2, -0.15) is 0 Å². The van der Waals surface area contributed by atoms with Crippen LogP contribution >= 0.6 is 0 Å². The summed E-state index contributed by atoms with van der Waals surface area (Å²) in [5, 5.41) is 9.23. The second-order valence-electron chi connectivity index (χ2n) is 4.28. The largest absolute Gasteiger partial charge is 0.394 e. The average molecular weight is 235 g/mol. The Bertz CT molecular complexity index is 388. The van der Waals surface area contributed by atoms with Crippen molar-refractivity contribution < 1.29 is 14.6 Å². The maximum absolute atomic E-state index is 12.2. The minimum atomic E-state index is -0.224. The highest BCUT2D eigenvalue weighted by Crippen LogP contribution is 2.13. The van der Waals surface area contributed by atoms with Crippen LogP contribution in [0.4, 0.5) is 0 Å². The third-order valence-corrected chi connectivity index (χ3v) is 3.00. The molecule has 0 aromatic heterocycles. The molecule has 1 unspecified atom stereocenters. The molecule has 1 aliphatic heterocycles. The van der Waals surface area contributed by atoms with Gasteiger partial charge in [-0.05, 0) is 19.1 Å². The van der Waals surface area contributed by atoms with E-state index in [0.717, 1.165) is 5.56 Å². The fourth-order valence-electron chi connectivity index (χ4n) is 1.94. The quantitative estimate of drug-likeness (QED) is 0.826. The van der Waals surface area contributed by atoms with Gasteiger partial charge < -0.3 is 14.7 Å². The molecule has 1 N–H and O–H groups in total. The minimum Gasteiger partial charge on any atom is -0.394 e. The highest BCUT2D eigenvalue weighted by atomic mass is 16.5. The average Bonchev–Trinajstić information content (AvgIpc) is 2.39. The molecule has 4 nitrogen and oxygen atoms in total. The third kappa shape index (κ3) is 2.65. The van der Waals surface area contributed by atoms with E-state index in [1.807, 2.05) is 31.2 Å². The van der Waals surface area contributed by atoms with E-state index >= 15 is 0 Å². The monoisotopic (exact) mass is 235 g/mol. The molecular weight excluding hydrogens is 218 g/mol. The zero-order valence-corrected chi connectivity index (χ0v) is 9.93. The molecule has 1 aromatic carbocycles.